The summed E-state index contributed by atoms with van der Waals surface area (Å²) in [5, 5.41) is 13.1. The topological polar surface area (TPSA) is 108 Å². The summed E-state index contributed by atoms with van der Waals surface area (Å²) in [4.78, 5) is 19.1. The lowest BCUT2D eigenvalue weighted by atomic mass is 10.1. The van der Waals surface area contributed by atoms with Gasteiger partial charge in [-0.15, -0.1) is 0 Å². The fourth-order valence-electron chi connectivity index (χ4n) is 3.46. The Balaban J connectivity index is 1.69. The van der Waals surface area contributed by atoms with Crippen LogP contribution in [0.25, 0.3) is 10.9 Å². The fourth-order valence-corrected chi connectivity index (χ4v) is 4.66. The van der Waals surface area contributed by atoms with Crippen molar-refractivity contribution in [3.05, 3.63) is 53.9 Å². The summed E-state index contributed by atoms with van der Waals surface area (Å²) in [6.07, 6.45) is 3.37. The van der Waals surface area contributed by atoms with Crippen molar-refractivity contribution in [2.75, 3.05) is 29.9 Å². The van der Waals surface area contributed by atoms with Gasteiger partial charge in [-0.1, -0.05) is 6.07 Å². The van der Waals surface area contributed by atoms with Crippen molar-refractivity contribution >= 4 is 38.2 Å². The largest absolute Gasteiger partial charge is 0.350 e. The van der Waals surface area contributed by atoms with Crippen LogP contribution in [0.2, 0.25) is 0 Å². The average Bonchev–Trinajstić information content (AvgIpc) is 3.10. The Morgan fingerprint density at radius 3 is 2.72 bits per heavy atom. The molecule has 2 aromatic heterocycles. The number of nitriles is 1. The summed E-state index contributed by atoms with van der Waals surface area (Å²) in [6.45, 7) is 0.377. The van der Waals surface area contributed by atoms with Gasteiger partial charge in [-0.25, -0.2) is 13.4 Å². The molecule has 0 aliphatic carbocycles. The highest BCUT2D eigenvalue weighted by Crippen LogP contribution is 2.29. The molecule has 0 bridgehead atoms. The standard InChI is InChI=1S/C20H19N5O3S/c1-24-6-5-16-18(24)17(20(26)25-7-9-29(27,28)10-8-25)13-22-19(16)23-15-4-2-3-14(11-15)12-21/h2-6,11,13H,7-10H2,1H3,(H,22,23). The molecule has 148 valence electrons. The SMILES string of the molecule is Cn1ccc2c(Nc3cccc(C#N)c3)ncc(C(=O)N3CCS(=O)(=O)CC3)c21. The van der Waals surface area contributed by atoms with E-state index in [0.29, 0.717) is 16.9 Å². The first kappa shape index (κ1) is 19.0. The van der Waals surface area contributed by atoms with E-state index in [-0.39, 0.29) is 30.5 Å². The first-order valence-electron chi connectivity index (χ1n) is 9.09. The Morgan fingerprint density at radius 2 is 2.00 bits per heavy atom. The van der Waals surface area contributed by atoms with Gasteiger partial charge in [0.05, 0.1) is 34.2 Å². The molecule has 3 heterocycles. The van der Waals surface area contributed by atoms with Gasteiger partial charge in [-0.2, -0.15) is 5.26 Å². The molecule has 3 aromatic rings. The van der Waals surface area contributed by atoms with Gasteiger partial charge in [-0.3, -0.25) is 4.79 Å². The summed E-state index contributed by atoms with van der Waals surface area (Å²) in [5.74, 6) is 0.319. The number of rotatable bonds is 3. The van der Waals surface area contributed by atoms with Crippen LogP contribution < -0.4 is 5.32 Å². The molecule has 29 heavy (non-hydrogen) atoms. The Kier molecular flexibility index (Phi) is 4.72. The molecular formula is C20H19N5O3S. The minimum atomic E-state index is -3.07. The van der Waals surface area contributed by atoms with Gasteiger partial charge in [0.15, 0.2) is 9.84 Å². The predicted octanol–water partition coefficient (Wildman–Crippen LogP) is 2.06. The lowest BCUT2D eigenvalue weighted by molar-refractivity contribution is 0.0771. The van der Waals surface area contributed by atoms with Crippen LogP contribution in [0.5, 0.6) is 0 Å². The van der Waals surface area contributed by atoms with Gasteiger partial charge in [0.1, 0.15) is 5.82 Å². The van der Waals surface area contributed by atoms with Gasteiger partial charge < -0.3 is 14.8 Å². The fraction of sp³-hybridized carbons (Fsp3) is 0.250. The van der Waals surface area contributed by atoms with Gasteiger partial charge in [-0.05, 0) is 24.3 Å². The van der Waals surface area contributed by atoms with E-state index in [2.05, 4.69) is 16.4 Å². The van der Waals surface area contributed by atoms with Gasteiger partial charge in [0.25, 0.3) is 5.91 Å². The van der Waals surface area contributed by atoms with E-state index < -0.39 is 9.84 Å². The second kappa shape index (κ2) is 7.22. The number of amides is 1. The van der Waals surface area contributed by atoms with Crippen LogP contribution in [0, 0.1) is 11.3 Å². The predicted molar refractivity (Wildman–Crippen MR) is 110 cm³/mol. The Morgan fingerprint density at radius 1 is 1.24 bits per heavy atom. The van der Waals surface area contributed by atoms with Crippen LogP contribution in [-0.4, -0.2) is 53.4 Å². The number of anilines is 2. The van der Waals surface area contributed by atoms with E-state index in [9.17, 15) is 13.2 Å². The lowest BCUT2D eigenvalue weighted by Gasteiger charge is -2.27. The van der Waals surface area contributed by atoms with Crippen LogP contribution >= 0.6 is 0 Å². The van der Waals surface area contributed by atoms with E-state index in [0.717, 1.165) is 16.6 Å². The molecular weight excluding hydrogens is 390 g/mol. The van der Waals surface area contributed by atoms with E-state index in [1.807, 2.05) is 29.9 Å². The highest BCUT2D eigenvalue weighted by molar-refractivity contribution is 7.91. The Bertz CT molecular complexity index is 1240. The molecule has 1 fully saturated rings. The van der Waals surface area contributed by atoms with E-state index in [4.69, 9.17) is 5.26 Å². The van der Waals surface area contributed by atoms with Crippen molar-refractivity contribution in [2.24, 2.45) is 7.05 Å². The van der Waals surface area contributed by atoms with Crippen molar-refractivity contribution in [2.45, 2.75) is 0 Å². The molecule has 8 nitrogen and oxygen atoms in total. The highest BCUT2D eigenvalue weighted by atomic mass is 32.2. The quantitative estimate of drug-likeness (QED) is 0.709. The number of nitrogens with zero attached hydrogens (tertiary/aromatic N) is 4. The van der Waals surface area contributed by atoms with Gasteiger partial charge in [0, 0.05) is 43.6 Å². The van der Waals surface area contributed by atoms with Crippen LogP contribution in [0.3, 0.4) is 0 Å². The maximum atomic E-state index is 13.0. The third kappa shape index (κ3) is 3.67. The summed E-state index contributed by atoms with van der Waals surface area (Å²) in [5.41, 5.74) is 2.41. The number of hydrogen-bond acceptors (Lipinski definition) is 6. The molecule has 0 radical (unpaired) electrons. The second-order valence-corrected chi connectivity index (χ2v) is 9.27. The van der Waals surface area contributed by atoms with Crippen molar-refractivity contribution in [1.29, 1.82) is 5.26 Å². The van der Waals surface area contributed by atoms with Crippen molar-refractivity contribution in [3.63, 3.8) is 0 Å². The first-order chi connectivity index (χ1) is 13.9. The zero-order valence-electron chi connectivity index (χ0n) is 15.8. The summed E-state index contributed by atoms with van der Waals surface area (Å²) < 4.78 is 25.2. The molecule has 0 spiro atoms. The summed E-state index contributed by atoms with van der Waals surface area (Å²) in [6, 6.07) is 11.0. The van der Waals surface area contributed by atoms with E-state index >= 15 is 0 Å². The molecule has 4 rings (SSSR count). The molecule has 0 atom stereocenters. The zero-order valence-corrected chi connectivity index (χ0v) is 16.6. The van der Waals surface area contributed by atoms with E-state index in [1.54, 1.807) is 23.1 Å². The van der Waals surface area contributed by atoms with Crippen LogP contribution in [0.1, 0.15) is 15.9 Å². The highest BCUT2D eigenvalue weighted by Gasteiger charge is 2.28. The number of aryl methyl sites for hydroxylation is 1. The molecule has 1 N–H and O–H groups in total. The molecule has 9 heteroatoms. The number of sulfone groups is 1. The maximum Gasteiger partial charge on any atom is 0.257 e. The normalized spacial score (nSPS) is 15.8. The number of pyridine rings is 1. The number of hydrogen-bond donors (Lipinski definition) is 1. The molecule has 1 aliphatic heterocycles. The number of carbonyl (C=O) groups is 1. The number of nitrogens with one attached hydrogen (secondary N) is 1. The maximum absolute atomic E-state index is 13.0. The van der Waals surface area contributed by atoms with Crippen molar-refractivity contribution in [3.8, 4) is 6.07 Å². The summed E-state index contributed by atoms with van der Waals surface area (Å²) in [7, 11) is -1.22. The smallest absolute Gasteiger partial charge is 0.257 e. The molecule has 1 aromatic carbocycles. The monoisotopic (exact) mass is 409 g/mol. The molecule has 0 unspecified atom stereocenters. The Labute approximate surface area is 168 Å². The number of aromatic nitrogens is 2. The van der Waals surface area contributed by atoms with Crippen LogP contribution in [0.15, 0.2) is 42.7 Å². The van der Waals surface area contributed by atoms with Gasteiger partial charge >= 0.3 is 0 Å². The second-order valence-electron chi connectivity index (χ2n) is 6.97. The van der Waals surface area contributed by atoms with Crippen molar-refractivity contribution < 1.29 is 13.2 Å². The van der Waals surface area contributed by atoms with E-state index in [1.165, 1.54) is 6.20 Å². The lowest BCUT2D eigenvalue weighted by Crippen LogP contribution is -2.43. The molecule has 1 amide bonds. The number of fused-ring (bicyclic) bond motifs is 1. The van der Waals surface area contributed by atoms with Crippen LogP contribution in [0.4, 0.5) is 11.5 Å². The average molecular weight is 409 g/mol. The molecule has 1 aliphatic rings. The third-order valence-corrected chi connectivity index (χ3v) is 6.63. The molecule has 1 saturated heterocycles. The zero-order chi connectivity index (χ0) is 20.6. The molecule has 0 saturated carbocycles. The number of carbonyl (C=O) groups excluding carboxylic acids is 1. The van der Waals surface area contributed by atoms with Crippen LogP contribution in [-0.2, 0) is 16.9 Å². The minimum Gasteiger partial charge on any atom is -0.350 e. The minimum absolute atomic E-state index is 0.0165. The third-order valence-electron chi connectivity index (χ3n) is 5.02. The Hall–Kier alpha value is -3.38. The first-order valence-corrected chi connectivity index (χ1v) is 10.9. The summed E-state index contributed by atoms with van der Waals surface area (Å²) >= 11 is 0. The number of benzene rings is 1. The van der Waals surface area contributed by atoms with Gasteiger partial charge in [0.2, 0.25) is 0 Å². The van der Waals surface area contributed by atoms with Crippen molar-refractivity contribution in [1.82, 2.24) is 14.5 Å².